The number of carbonyl (C=O) groups is 1. The Morgan fingerprint density at radius 1 is 1.08 bits per heavy atom. The standard InChI is InChI=1S/C20H19N5O/c1-14-6-4-8-19(22-14)24-11-5-7-16(24)15-9-10-18-21-12-17(25(18)13-15)20(26)23(2)3/h4-13H,1-3H3. The van der Waals surface area contributed by atoms with Gasteiger partial charge in [0.1, 0.15) is 17.2 Å². The second-order valence-corrected chi connectivity index (χ2v) is 6.39. The number of aromatic nitrogens is 4. The molecule has 130 valence electrons. The fourth-order valence-corrected chi connectivity index (χ4v) is 3.00. The van der Waals surface area contributed by atoms with Crippen molar-refractivity contribution in [3.8, 4) is 17.1 Å². The van der Waals surface area contributed by atoms with Gasteiger partial charge < -0.3 is 9.47 Å². The van der Waals surface area contributed by atoms with Gasteiger partial charge in [0.2, 0.25) is 0 Å². The summed E-state index contributed by atoms with van der Waals surface area (Å²) >= 11 is 0. The van der Waals surface area contributed by atoms with Gasteiger partial charge in [0, 0.05) is 37.7 Å². The van der Waals surface area contributed by atoms with Gasteiger partial charge >= 0.3 is 0 Å². The van der Waals surface area contributed by atoms with Crippen LogP contribution in [0.4, 0.5) is 0 Å². The zero-order valence-electron chi connectivity index (χ0n) is 14.9. The lowest BCUT2D eigenvalue weighted by Gasteiger charge is -2.12. The normalized spacial score (nSPS) is 11.0. The average molecular weight is 345 g/mol. The largest absolute Gasteiger partial charge is 0.343 e. The molecule has 0 aliphatic heterocycles. The number of hydrogen-bond donors (Lipinski definition) is 0. The van der Waals surface area contributed by atoms with E-state index in [0.717, 1.165) is 28.4 Å². The number of fused-ring (bicyclic) bond motifs is 1. The summed E-state index contributed by atoms with van der Waals surface area (Å²) in [5.74, 6) is 0.783. The Bertz CT molecular complexity index is 1110. The number of amides is 1. The Balaban J connectivity index is 1.85. The van der Waals surface area contributed by atoms with Gasteiger partial charge in [-0.15, -0.1) is 0 Å². The summed E-state index contributed by atoms with van der Waals surface area (Å²) in [5.41, 5.74) is 4.23. The Kier molecular flexibility index (Phi) is 3.80. The van der Waals surface area contributed by atoms with Crippen LogP contribution in [-0.2, 0) is 0 Å². The highest BCUT2D eigenvalue weighted by atomic mass is 16.2. The Morgan fingerprint density at radius 3 is 2.69 bits per heavy atom. The monoisotopic (exact) mass is 345 g/mol. The van der Waals surface area contributed by atoms with Crippen LogP contribution in [0, 0.1) is 6.92 Å². The molecule has 0 spiro atoms. The van der Waals surface area contributed by atoms with Crippen molar-refractivity contribution in [2.75, 3.05) is 14.1 Å². The molecule has 26 heavy (non-hydrogen) atoms. The highest BCUT2D eigenvalue weighted by Crippen LogP contribution is 2.24. The van der Waals surface area contributed by atoms with Gasteiger partial charge in [-0.3, -0.25) is 9.20 Å². The van der Waals surface area contributed by atoms with E-state index in [0.29, 0.717) is 5.69 Å². The predicted octanol–water partition coefficient (Wildman–Crippen LogP) is 3.20. The molecule has 4 rings (SSSR count). The van der Waals surface area contributed by atoms with Crippen molar-refractivity contribution in [2.45, 2.75) is 6.92 Å². The highest BCUT2D eigenvalue weighted by Gasteiger charge is 2.15. The lowest BCUT2D eigenvalue weighted by atomic mass is 10.2. The number of carbonyl (C=O) groups excluding carboxylic acids is 1. The summed E-state index contributed by atoms with van der Waals surface area (Å²) in [5, 5.41) is 0. The maximum absolute atomic E-state index is 12.4. The number of rotatable bonds is 3. The van der Waals surface area contributed by atoms with E-state index >= 15 is 0 Å². The molecule has 1 amide bonds. The van der Waals surface area contributed by atoms with Crippen LogP contribution < -0.4 is 0 Å². The molecular formula is C20H19N5O. The first-order chi connectivity index (χ1) is 12.5. The third-order valence-electron chi connectivity index (χ3n) is 4.30. The number of aryl methyl sites for hydroxylation is 1. The van der Waals surface area contributed by atoms with Crippen LogP contribution in [0.1, 0.15) is 16.2 Å². The van der Waals surface area contributed by atoms with E-state index in [1.165, 1.54) is 0 Å². The van der Waals surface area contributed by atoms with E-state index in [9.17, 15) is 4.79 Å². The highest BCUT2D eigenvalue weighted by molar-refractivity contribution is 5.93. The smallest absolute Gasteiger partial charge is 0.271 e. The molecular weight excluding hydrogens is 326 g/mol. The second-order valence-electron chi connectivity index (χ2n) is 6.39. The number of nitrogens with zero attached hydrogens (tertiary/aromatic N) is 5. The Labute approximate surface area is 151 Å². The van der Waals surface area contributed by atoms with Crippen molar-refractivity contribution < 1.29 is 4.79 Å². The fourth-order valence-electron chi connectivity index (χ4n) is 3.00. The minimum absolute atomic E-state index is 0.0783. The Hall–Kier alpha value is -3.41. The van der Waals surface area contributed by atoms with Crippen molar-refractivity contribution in [3.63, 3.8) is 0 Å². The van der Waals surface area contributed by atoms with Gasteiger partial charge in [0.05, 0.1) is 11.9 Å². The molecule has 0 aliphatic rings. The lowest BCUT2D eigenvalue weighted by Crippen LogP contribution is -2.23. The van der Waals surface area contributed by atoms with Crippen molar-refractivity contribution in [1.29, 1.82) is 0 Å². The summed E-state index contributed by atoms with van der Waals surface area (Å²) in [7, 11) is 3.47. The molecule has 0 fully saturated rings. The topological polar surface area (TPSA) is 55.4 Å². The third kappa shape index (κ3) is 2.65. The van der Waals surface area contributed by atoms with Crippen LogP contribution in [0.3, 0.4) is 0 Å². The molecule has 0 N–H and O–H groups in total. The minimum Gasteiger partial charge on any atom is -0.343 e. The SMILES string of the molecule is Cc1cccc(-n2cccc2-c2ccc3ncc(C(=O)N(C)C)n3c2)n1. The lowest BCUT2D eigenvalue weighted by molar-refractivity contribution is 0.0821. The quantitative estimate of drug-likeness (QED) is 0.573. The summed E-state index contributed by atoms with van der Waals surface area (Å²) < 4.78 is 3.87. The molecule has 4 aromatic rings. The van der Waals surface area contributed by atoms with Crippen LogP contribution in [0.15, 0.2) is 61.1 Å². The van der Waals surface area contributed by atoms with E-state index in [2.05, 4.69) is 9.97 Å². The molecule has 6 nitrogen and oxygen atoms in total. The summed E-state index contributed by atoms with van der Waals surface area (Å²) in [6.07, 6.45) is 5.55. The molecule has 4 heterocycles. The van der Waals surface area contributed by atoms with Crippen molar-refractivity contribution in [2.24, 2.45) is 0 Å². The molecule has 0 saturated heterocycles. The number of imidazole rings is 1. The van der Waals surface area contributed by atoms with Gasteiger partial charge in [-0.25, -0.2) is 9.97 Å². The minimum atomic E-state index is -0.0783. The molecule has 0 radical (unpaired) electrons. The van der Waals surface area contributed by atoms with Crippen LogP contribution in [0.25, 0.3) is 22.7 Å². The third-order valence-corrected chi connectivity index (χ3v) is 4.30. The molecule has 6 heteroatoms. The zero-order valence-corrected chi connectivity index (χ0v) is 14.9. The van der Waals surface area contributed by atoms with Crippen molar-refractivity contribution in [1.82, 2.24) is 23.8 Å². The Morgan fingerprint density at radius 2 is 1.92 bits per heavy atom. The average Bonchev–Trinajstić information content (AvgIpc) is 3.27. The van der Waals surface area contributed by atoms with E-state index in [1.807, 2.05) is 70.7 Å². The maximum Gasteiger partial charge on any atom is 0.271 e. The van der Waals surface area contributed by atoms with Gasteiger partial charge in [0.15, 0.2) is 0 Å². The van der Waals surface area contributed by atoms with Crippen LogP contribution >= 0.6 is 0 Å². The predicted molar refractivity (Wildman–Crippen MR) is 101 cm³/mol. The van der Waals surface area contributed by atoms with Crippen LogP contribution in [0.5, 0.6) is 0 Å². The molecule has 4 aromatic heterocycles. The maximum atomic E-state index is 12.4. The van der Waals surface area contributed by atoms with E-state index in [1.54, 1.807) is 25.2 Å². The first-order valence-electron chi connectivity index (χ1n) is 8.35. The first-order valence-corrected chi connectivity index (χ1v) is 8.35. The second kappa shape index (κ2) is 6.15. The fraction of sp³-hybridized carbons (Fsp3) is 0.150. The van der Waals surface area contributed by atoms with Gasteiger partial charge in [-0.1, -0.05) is 6.07 Å². The van der Waals surface area contributed by atoms with Crippen molar-refractivity contribution in [3.05, 3.63) is 72.4 Å². The van der Waals surface area contributed by atoms with Gasteiger partial charge in [0.25, 0.3) is 5.91 Å². The summed E-state index contributed by atoms with van der Waals surface area (Å²) in [6.45, 7) is 1.98. The van der Waals surface area contributed by atoms with Gasteiger partial charge in [-0.2, -0.15) is 0 Å². The van der Waals surface area contributed by atoms with E-state index in [4.69, 9.17) is 0 Å². The molecule has 0 aliphatic carbocycles. The summed E-state index contributed by atoms with van der Waals surface area (Å²) in [6, 6.07) is 13.9. The zero-order chi connectivity index (χ0) is 18.3. The van der Waals surface area contributed by atoms with E-state index in [-0.39, 0.29) is 5.91 Å². The van der Waals surface area contributed by atoms with Crippen LogP contribution in [0.2, 0.25) is 0 Å². The summed E-state index contributed by atoms with van der Waals surface area (Å²) in [4.78, 5) is 22.9. The van der Waals surface area contributed by atoms with Crippen molar-refractivity contribution >= 4 is 11.6 Å². The molecule has 0 atom stereocenters. The molecule has 0 unspecified atom stereocenters. The van der Waals surface area contributed by atoms with E-state index < -0.39 is 0 Å². The molecule has 0 bridgehead atoms. The van der Waals surface area contributed by atoms with Crippen LogP contribution in [-0.4, -0.2) is 43.8 Å². The number of pyridine rings is 2. The molecule has 0 aromatic carbocycles. The molecule has 0 saturated carbocycles. The first kappa shape index (κ1) is 16.1. The van der Waals surface area contributed by atoms with Gasteiger partial charge in [-0.05, 0) is 43.3 Å². The number of hydrogen-bond acceptors (Lipinski definition) is 3.